The largest absolute Gasteiger partial charge is 0.481 e. The van der Waals surface area contributed by atoms with Crippen molar-refractivity contribution in [2.75, 3.05) is 27.3 Å². The Morgan fingerprint density at radius 3 is 2.71 bits per heavy atom. The van der Waals surface area contributed by atoms with Gasteiger partial charge in [-0.25, -0.2) is 9.97 Å². The molecule has 0 aromatic carbocycles. The van der Waals surface area contributed by atoms with Crippen molar-refractivity contribution in [3.63, 3.8) is 0 Å². The van der Waals surface area contributed by atoms with Gasteiger partial charge >= 0.3 is 0 Å². The van der Waals surface area contributed by atoms with E-state index in [-0.39, 0.29) is 0 Å². The number of aromatic nitrogens is 2. The predicted molar refractivity (Wildman–Crippen MR) is 93.4 cm³/mol. The maximum atomic E-state index is 5.24. The van der Waals surface area contributed by atoms with Crippen LogP contribution in [0.1, 0.15) is 30.6 Å². The number of ether oxygens (including phenoxy) is 2. The van der Waals surface area contributed by atoms with Crippen LogP contribution in [0, 0.1) is 5.92 Å². The number of likely N-dealkylation sites (tertiary alicyclic amines) is 1. The molecule has 0 amide bonds. The van der Waals surface area contributed by atoms with E-state index in [2.05, 4.69) is 33.9 Å². The van der Waals surface area contributed by atoms with Crippen LogP contribution < -0.4 is 9.47 Å². The highest BCUT2D eigenvalue weighted by Gasteiger charge is 2.27. The van der Waals surface area contributed by atoms with Crippen LogP contribution in [0.2, 0.25) is 0 Å². The Bertz CT molecular complexity index is 660. The van der Waals surface area contributed by atoms with E-state index in [4.69, 9.17) is 9.47 Å². The van der Waals surface area contributed by atoms with Gasteiger partial charge in [-0.3, -0.25) is 4.90 Å². The lowest BCUT2D eigenvalue weighted by molar-refractivity contribution is 0.246. The molecular formula is C19H25N3O2. The van der Waals surface area contributed by atoms with Gasteiger partial charge in [0.25, 0.3) is 0 Å². The summed E-state index contributed by atoms with van der Waals surface area (Å²) in [5.74, 6) is 2.01. The monoisotopic (exact) mass is 327 g/mol. The molecule has 5 nitrogen and oxygen atoms in total. The number of nitrogens with zero attached hydrogens (tertiary/aromatic N) is 3. The molecule has 0 aliphatic carbocycles. The molecule has 5 heteroatoms. The average molecular weight is 327 g/mol. The Kier molecular flexibility index (Phi) is 5.30. The molecule has 3 heterocycles. The van der Waals surface area contributed by atoms with Gasteiger partial charge in [0.15, 0.2) is 0 Å². The molecule has 0 N–H and O–H groups in total. The van der Waals surface area contributed by atoms with Gasteiger partial charge in [-0.2, -0.15) is 0 Å². The molecule has 2 atom stereocenters. The van der Waals surface area contributed by atoms with Crippen LogP contribution in [0.15, 0.2) is 36.5 Å². The van der Waals surface area contributed by atoms with E-state index in [1.54, 1.807) is 14.2 Å². The molecule has 1 fully saturated rings. The first-order chi connectivity index (χ1) is 11.7. The highest BCUT2D eigenvalue weighted by atomic mass is 16.5. The molecule has 2 aromatic heterocycles. The fourth-order valence-electron chi connectivity index (χ4n) is 3.33. The number of hydrogen-bond acceptors (Lipinski definition) is 5. The average Bonchev–Trinajstić information content (AvgIpc) is 3.10. The minimum atomic E-state index is 0.305. The molecule has 0 bridgehead atoms. The Labute approximate surface area is 143 Å². The minimum absolute atomic E-state index is 0.305. The predicted octanol–water partition coefficient (Wildman–Crippen LogP) is 3.12. The summed E-state index contributed by atoms with van der Waals surface area (Å²) in [5.41, 5.74) is 2.34. The molecule has 1 aliphatic rings. The van der Waals surface area contributed by atoms with Crippen LogP contribution in [0.3, 0.4) is 0 Å². The molecule has 1 saturated heterocycles. The van der Waals surface area contributed by atoms with Gasteiger partial charge in [-0.05, 0) is 43.9 Å². The zero-order valence-corrected chi connectivity index (χ0v) is 14.6. The number of rotatable bonds is 6. The van der Waals surface area contributed by atoms with E-state index >= 15 is 0 Å². The molecule has 0 saturated carbocycles. The maximum absolute atomic E-state index is 5.24. The van der Waals surface area contributed by atoms with Crippen molar-refractivity contribution in [2.45, 2.75) is 25.8 Å². The van der Waals surface area contributed by atoms with Crippen molar-refractivity contribution < 1.29 is 9.47 Å². The van der Waals surface area contributed by atoms with E-state index in [1.165, 1.54) is 12.0 Å². The van der Waals surface area contributed by atoms with E-state index in [0.717, 1.165) is 25.2 Å². The van der Waals surface area contributed by atoms with Crippen molar-refractivity contribution in [1.29, 1.82) is 0 Å². The van der Waals surface area contributed by atoms with Crippen LogP contribution >= 0.6 is 0 Å². The summed E-state index contributed by atoms with van der Waals surface area (Å²) in [6.45, 7) is 4.42. The molecular weight excluding hydrogens is 302 g/mol. The lowest BCUT2D eigenvalue weighted by Gasteiger charge is -2.24. The third-order valence-electron chi connectivity index (χ3n) is 4.78. The van der Waals surface area contributed by atoms with Crippen LogP contribution in [0.4, 0.5) is 0 Å². The van der Waals surface area contributed by atoms with Gasteiger partial charge < -0.3 is 9.47 Å². The highest BCUT2D eigenvalue weighted by Crippen LogP contribution is 2.29. The summed E-state index contributed by atoms with van der Waals surface area (Å²) in [6, 6.07) is 10.3. The van der Waals surface area contributed by atoms with Crippen LogP contribution in [0.25, 0.3) is 0 Å². The Morgan fingerprint density at radius 1 is 1.17 bits per heavy atom. The van der Waals surface area contributed by atoms with Gasteiger partial charge in [0.1, 0.15) is 0 Å². The summed E-state index contributed by atoms with van der Waals surface area (Å²) in [6.07, 6.45) is 4.20. The van der Waals surface area contributed by atoms with Gasteiger partial charge in [0.05, 0.1) is 19.9 Å². The maximum Gasteiger partial charge on any atom is 0.213 e. The summed E-state index contributed by atoms with van der Waals surface area (Å²) < 4.78 is 10.4. The molecule has 0 radical (unpaired) electrons. The summed E-state index contributed by atoms with van der Waals surface area (Å²) >= 11 is 0. The number of pyridine rings is 2. The first kappa shape index (κ1) is 16.7. The quantitative estimate of drug-likeness (QED) is 0.816. The molecule has 1 aliphatic heterocycles. The first-order valence-corrected chi connectivity index (χ1v) is 8.43. The van der Waals surface area contributed by atoms with E-state index in [0.29, 0.717) is 23.7 Å². The van der Waals surface area contributed by atoms with Gasteiger partial charge in [0, 0.05) is 30.9 Å². The summed E-state index contributed by atoms with van der Waals surface area (Å²) in [5, 5.41) is 0. The lowest BCUT2D eigenvalue weighted by Crippen LogP contribution is -2.25. The van der Waals surface area contributed by atoms with E-state index < -0.39 is 0 Å². The van der Waals surface area contributed by atoms with E-state index in [9.17, 15) is 0 Å². The number of hydrogen-bond donors (Lipinski definition) is 0. The zero-order valence-electron chi connectivity index (χ0n) is 14.6. The standard InChI is InChI=1S/C19H25N3O2/c1-14(17-5-4-6-19(21-17)24-3)22-10-9-16(13-22)11-15-7-8-18(23-2)20-12-15/h4-8,12,14,16H,9-11,13H2,1-3H3/t14?,16-/m1/s1. The van der Waals surface area contributed by atoms with Crippen LogP contribution in [0.5, 0.6) is 11.8 Å². The zero-order chi connectivity index (χ0) is 16.9. The Balaban J connectivity index is 1.59. The van der Waals surface area contributed by atoms with E-state index in [1.807, 2.05) is 24.4 Å². The number of methoxy groups -OCH3 is 2. The SMILES string of the molecule is COc1ccc(C[C@H]2CCN(C(C)c3cccc(OC)n3)C2)cn1. The summed E-state index contributed by atoms with van der Waals surface area (Å²) in [4.78, 5) is 11.4. The second kappa shape index (κ2) is 7.62. The fourth-order valence-corrected chi connectivity index (χ4v) is 3.33. The molecule has 1 unspecified atom stereocenters. The normalized spacial score (nSPS) is 19.2. The Morgan fingerprint density at radius 2 is 2.00 bits per heavy atom. The molecule has 24 heavy (non-hydrogen) atoms. The molecule has 128 valence electrons. The second-order valence-electron chi connectivity index (χ2n) is 6.34. The molecule has 3 rings (SSSR count). The minimum Gasteiger partial charge on any atom is -0.481 e. The van der Waals surface area contributed by atoms with Crippen molar-refractivity contribution in [3.05, 3.63) is 47.8 Å². The van der Waals surface area contributed by atoms with Crippen molar-refractivity contribution in [3.8, 4) is 11.8 Å². The van der Waals surface area contributed by atoms with Crippen molar-refractivity contribution >= 4 is 0 Å². The third-order valence-corrected chi connectivity index (χ3v) is 4.78. The topological polar surface area (TPSA) is 47.5 Å². The lowest BCUT2D eigenvalue weighted by atomic mass is 10.00. The Hall–Kier alpha value is -2.14. The van der Waals surface area contributed by atoms with Crippen molar-refractivity contribution in [2.24, 2.45) is 5.92 Å². The third kappa shape index (κ3) is 3.85. The first-order valence-electron chi connectivity index (χ1n) is 8.43. The van der Waals surface area contributed by atoms with Crippen LogP contribution in [-0.2, 0) is 6.42 Å². The van der Waals surface area contributed by atoms with Gasteiger partial charge in [0.2, 0.25) is 11.8 Å². The smallest absolute Gasteiger partial charge is 0.213 e. The molecule has 2 aromatic rings. The fraction of sp³-hybridized carbons (Fsp3) is 0.474. The summed E-state index contributed by atoms with van der Waals surface area (Å²) in [7, 11) is 3.30. The second-order valence-corrected chi connectivity index (χ2v) is 6.34. The highest BCUT2D eigenvalue weighted by molar-refractivity contribution is 5.20. The van der Waals surface area contributed by atoms with Crippen molar-refractivity contribution in [1.82, 2.24) is 14.9 Å². The van der Waals surface area contributed by atoms with Gasteiger partial charge in [-0.1, -0.05) is 12.1 Å². The van der Waals surface area contributed by atoms with Crippen LogP contribution in [-0.4, -0.2) is 42.2 Å². The molecule has 0 spiro atoms. The van der Waals surface area contributed by atoms with Gasteiger partial charge in [-0.15, -0.1) is 0 Å².